The molecular formula is C25H37NO3. The van der Waals surface area contributed by atoms with E-state index < -0.39 is 6.10 Å². The minimum atomic E-state index is -0.456. The highest BCUT2D eigenvalue weighted by molar-refractivity contribution is 5.91. The third kappa shape index (κ3) is 3.86. The molecule has 3 aliphatic rings. The lowest BCUT2D eigenvalue weighted by molar-refractivity contribution is -0.131. The summed E-state index contributed by atoms with van der Waals surface area (Å²) in [7, 11) is 0. The van der Waals surface area contributed by atoms with Gasteiger partial charge in [0.05, 0.1) is 0 Å². The van der Waals surface area contributed by atoms with Crippen molar-refractivity contribution in [3.63, 3.8) is 0 Å². The van der Waals surface area contributed by atoms with Crippen LogP contribution in [0, 0.1) is 22.7 Å². The van der Waals surface area contributed by atoms with Crippen LogP contribution < -0.4 is 4.74 Å². The Bertz CT molecular complexity index is 722. The van der Waals surface area contributed by atoms with Gasteiger partial charge in [-0.05, 0) is 74.2 Å². The number of hydrogen-bond donors (Lipinski definition) is 1. The lowest BCUT2D eigenvalue weighted by atomic mass is 9.70. The average Bonchev–Trinajstić information content (AvgIpc) is 3.02. The van der Waals surface area contributed by atoms with Crippen molar-refractivity contribution in [3.05, 3.63) is 29.8 Å². The Labute approximate surface area is 175 Å². The van der Waals surface area contributed by atoms with Crippen LogP contribution in [0.5, 0.6) is 5.75 Å². The molecule has 1 heterocycles. The van der Waals surface area contributed by atoms with E-state index in [1.165, 1.54) is 31.2 Å². The maximum atomic E-state index is 13.1. The number of hydrogen-bond acceptors (Lipinski definition) is 4. The third-order valence-corrected chi connectivity index (χ3v) is 8.41. The summed E-state index contributed by atoms with van der Waals surface area (Å²) in [4.78, 5) is 15.4. The van der Waals surface area contributed by atoms with Gasteiger partial charge in [0, 0.05) is 17.9 Å². The lowest BCUT2D eigenvalue weighted by Crippen LogP contribution is -2.38. The quantitative estimate of drug-likeness (QED) is 0.750. The Kier molecular flexibility index (Phi) is 5.78. The molecule has 4 unspecified atom stereocenters. The monoisotopic (exact) mass is 399 g/mol. The number of nitrogens with zero attached hydrogens (tertiary/aromatic N) is 1. The van der Waals surface area contributed by atoms with Gasteiger partial charge in [0.25, 0.3) is 0 Å². The molecule has 1 aromatic carbocycles. The first-order chi connectivity index (χ1) is 13.8. The molecule has 0 amide bonds. The number of benzene rings is 1. The van der Waals surface area contributed by atoms with Crippen molar-refractivity contribution < 1.29 is 14.6 Å². The maximum Gasteiger partial charge on any atom is 0.142 e. The standard InChI is InChI=1S/C25H37NO3/c1-24(2)22-11-12-25(24,3)23(28)21(22)15-18-7-9-20(10-8-18)29-17-19(27)16-26-13-5-4-6-14-26/h7-10,19,21-22,27H,4-6,11-17H2,1-3H3. The molecule has 1 aromatic rings. The van der Waals surface area contributed by atoms with E-state index in [4.69, 9.17) is 4.74 Å². The number of ether oxygens (including phenoxy) is 1. The van der Waals surface area contributed by atoms with Gasteiger partial charge in [0.15, 0.2) is 0 Å². The third-order valence-electron chi connectivity index (χ3n) is 8.41. The number of aliphatic hydroxyl groups excluding tert-OH is 1. The minimum Gasteiger partial charge on any atom is -0.491 e. The van der Waals surface area contributed by atoms with Gasteiger partial charge in [-0.2, -0.15) is 0 Å². The maximum absolute atomic E-state index is 13.1. The summed E-state index contributed by atoms with van der Waals surface area (Å²) < 4.78 is 5.81. The van der Waals surface area contributed by atoms with E-state index in [-0.39, 0.29) is 16.7 Å². The van der Waals surface area contributed by atoms with Crippen molar-refractivity contribution in [2.75, 3.05) is 26.2 Å². The van der Waals surface area contributed by atoms with Crippen LogP contribution in [0.4, 0.5) is 0 Å². The highest BCUT2D eigenvalue weighted by Gasteiger charge is 2.65. The molecule has 1 saturated heterocycles. The van der Waals surface area contributed by atoms with Crippen LogP contribution >= 0.6 is 0 Å². The zero-order chi connectivity index (χ0) is 20.6. The molecule has 4 rings (SSSR count). The highest BCUT2D eigenvalue weighted by Crippen LogP contribution is 2.66. The Morgan fingerprint density at radius 2 is 1.83 bits per heavy atom. The second kappa shape index (κ2) is 8.03. The van der Waals surface area contributed by atoms with Gasteiger partial charge in [-0.1, -0.05) is 39.3 Å². The van der Waals surface area contributed by atoms with Crippen molar-refractivity contribution in [2.45, 2.75) is 65.4 Å². The number of aliphatic hydroxyl groups is 1. The summed E-state index contributed by atoms with van der Waals surface area (Å²) in [6, 6.07) is 8.13. The number of fused-ring (bicyclic) bond motifs is 2. The summed E-state index contributed by atoms with van der Waals surface area (Å²) in [5, 5.41) is 10.3. The van der Waals surface area contributed by atoms with E-state index in [2.05, 4.69) is 37.8 Å². The molecular weight excluding hydrogens is 362 g/mol. The summed E-state index contributed by atoms with van der Waals surface area (Å²) in [5.74, 6) is 1.92. The molecule has 4 heteroatoms. The highest BCUT2D eigenvalue weighted by atomic mass is 16.5. The Balaban J connectivity index is 1.29. The van der Waals surface area contributed by atoms with E-state index in [1.54, 1.807) is 0 Å². The fraction of sp³-hybridized carbons (Fsp3) is 0.720. The summed E-state index contributed by atoms with van der Waals surface area (Å²) in [6.07, 6.45) is 6.37. The number of rotatable bonds is 7. The smallest absolute Gasteiger partial charge is 0.142 e. The molecule has 4 nitrogen and oxygen atoms in total. The van der Waals surface area contributed by atoms with Crippen molar-refractivity contribution in [2.24, 2.45) is 22.7 Å². The van der Waals surface area contributed by atoms with Gasteiger partial charge in [-0.25, -0.2) is 0 Å². The molecule has 0 radical (unpaired) electrons. The van der Waals surface area contributed by atoms with Gasteiger partial charge in [-0.15, -0.1) is 0 Å². The molecule has 4 atom stereocenters. The molecule has 3 fully saturated rings. The molecule has 0 spiro atoms. The largest absolute Gasteiger partial charge is 0.491 e. The van der Waals surface area contributed by atoms with Crippen LogP contribution in [-0.2, 0) is 11.2 Å². The van der Waals surface area contributed by atoms with Crippen molar-refractivity contribution in [1.82, 2.24) is 4.90 Å². The van der Waals surface area contributed by atoms with Crippen LogP contribution in [0.1, 0.15) is 58.4 Å². The molecule has 29 heavy (non-hydrogen) atoms. The lowest BCUT2D eigenvalue weighted by Gasteiger charge is -2.32. The van der Waals surface area contributed by atoms with E-state index in [9.17, 15) is 9.90 Å². The SMILES string of the molecule is CC12CCC(C(Cc3ccc(OCC(O)CN4CCCCC4)cc3)C1=O)C2(C)C. The Morgan fingerprint density at radius 1 is 1.14 bits per heavy atom. The first kappa shape index (κ1) is 20.9. The topological polar surface area (TPSA) is 49.8 Å². The van der Waals surface area contributed by atoms with Crippen LogP contribution in [0.15, 0.2) is 24.3 Å². The first-order valence-corrected chi connectivity index (χ1v) is 11.5. The number of β-amino-alcohol motifs (C(OH)–C–C–N with tert-alkyl or cyclic N) is 1. The number of ketones is 1. The summed E-state index contributed by atoms with van der Waals surface area (Å²) in [6.45, 7) is 9.94. The van der Waals surface area contributed by atoms with Crippen molar-refractivity contribution in [3.8, 4) is 5.75 Å². The molecule has 2 aliphatic carbocycles. The molecule has 2 bridgehead atoms. The van der Waals surface area contributed by atoms with Crippen LogP contribution in [0.3, 0.4) is 0 Å². The fourth-order valence-corrected chi connectivity index (χ4v) is 6.17. The average molecular weight is 400 g/mol. The van der Waals surface area contributed by atoms with E-state index in [1.807, 2.05) is 12.1 Å². The first-order valence-electron chi connectivity index (χ1n) is 11.5. The van der Waals surface area contributed by atoms with Crippen LogP contribution in [0.25, 0.3) is 0 Å². The van der Waals surface area contributed by atoms with E-state index in [0.29, 0.717) is 24.9 Å². The van der Waals surface area contributed by atoms with Gasteiger partial charge in [0.2, 0.25) is 0 Å². The molecule has 1 aliphatic heterocycles. The van der Waals surface area contributed by atoms with Gasteiger partial charge in [-0.3, -0.25) is 4.79 Å². The van der Waals surface area contributed by atoms with Crippen LogP contribution in [-0.4, -0.2) is 48.1 Å². The van der Waals surface area contributed by atoms with Crippen molar-refractivity contribution in [1.29, 1.82) is 0 Å². The molecule has 2 saturated carbocycles. The number of Topliss-reactive ketones (excluding diaryl/α,β-unsaturated/α-hetero) is 1. The van der Waals surface area contributed by atoms with Gasteiger partial charge in [0.1, 0.15) is 24.2 Å². The number of likely N-dealkylation sites (tertiary alicyclic amines) is 1. The predicted octanol–water partition coefficient (Wildman–Crippen LogP) is 4.10. The molecule has 0 aromatic heterocycles. The predicted molar refractivity (Wildman–Crippen MR) is 115 cm³/mol. The van der Waals surface area contributed by atoms with E-state index >= 15 is 0 Å². The molecule has 160 valence electrons. The van der Waals surface area contributed by atoms with E-state index in [0.717, 1.165) is 31.7 Å². The minimum absolute atomic E-state index is 0.113. The second-order valence-corrected chi connectivity index (χ2v) is 10.3. The zero-order valence-electron chi connectivity index (χ0n) is 18.3. The van der Waals surface area contributed by atoms with Gasteiger partial charge >= 0.3 is 0 Å². The van der Waals surface area contributed by atoms with Crippen molar-refractivity contribution >= 4 is 5.78 Å². The van der Waals surface area contributed by atoms with Crippen LogP contribution in [0.2, 0.25) is 0 Å². The Hall–Kier alpha value is -1.39. The molecule has 1 N–H and O–H groups in total. The second-order valence-electron chi connectivity index (χ2n) is 10.3. The normalized spacial score (nSPS) is 32.5. The number of carbonyl (C=O) groups excluding carboxylic acids is 1. The van der Waals surface area contributed by atoms with Gasteiger partial charge < -0.3 is 14.7 Å². The Morgan fingerprint density at radius 3 is 2.45 bits per heavy atom. The summed E-state index contributed by atoms with van der Waals surface area (Å²) >= 11 is 0. The number of carbonyl (C=O) groups is 1. The summed E-state index contributed by atoms with van der Waals surface area (Å²) in [5.41, 5.74) is 1.18. The zero-order valence-corrected chi connectivity index (χ0v) is 18.3. The fourth-order valence-electron chi connectivity index (χ4n) is 6.17. The number of piperidine rings is 1.